The number of anilines is 1. The summed E-state index contributed by atoms with van der Waals surface area (Å²) in [6.45, 7) is 0. The second kappa shape index (κ2) is 2.38. The van der Waals surface area contributed by atoms with Gasteiger partial charge in [0.15, 0.2) is 16.7 Å². The van der Waals surface area contributed by atoms with E-state index in [0.717, 1.165) is 0 Å². The fourth-order valence-corrected chi connectivity index (χ4v) is 0.904. The number of ether oxygens (including phenoxy) is 1. The number of methoxy groups -OCH3 is 1. The smallest absolute Gasteiger partial charge is 0.200 e. The van der Waals surface area contributed by atoms with Crippen molar-refractivity contribution in [3.63, 3.8) is 0 Å². The number of nitrogens with two attached hydrogens (primary N) is 1. The zero-order valence-corrected chi connectivity index (χ0v) is 6.51. The van der Waals surface area contributed by atoms with Crippen LogP contribution in [0, 0.1) is 0 Å². The van der Waals surface area contributed by atoms with E-state index in [1.165, 1.54) is 11.8 Å². The Bertz CT molecular complexity index is 245. The SMILES string of the molecule is COc1c(N)nn(C)c1Cl. The molecule has 10 heavy (non-hydrogen) atoms. The maximum Gasteiger partial charge on any atom is 0.200 e. The van der Waals surface area contributed by atoms with Gasteiger partial charge < -0.3 is 10.5 Å². The minimum absolute atomic E-state index is 0.315. The van der Waals surface area contributed by atoms with Gasteiger partial charge in [0, 0.05) is 7.05 Å². The van der Waals surface area contributed by atoms with Gasteiger partial charge in [-0.3, -0.25) is 4.68 Å². The lowest BCUT2D eigenvalue weighted by Crippen LogP contribution is -1.91. The van der Waals surface area contributed by atoms with Gasteiger partial charge >= 0.3 is 0 Å². The van der Waals surface area contributed by atoms with Crippen LogP contribution in [0.4, 0.5) is 5.82 Å². The summed E-state index contributed by atoms with van der Waals surface area (Å²) >= 11 is 5.71. The Kier molecular flexibility index (Phi) is 1.72. The highest BCUT2D eigenvalue weighted by Gasteiger charge is 2.10. The second-order valence-corrected chi connectivity index (χ2v) is 2.19. The Balaban J connectivity index is 3.20. The van der Waals surface area contributed by atoms with Crippen LogP contribution in [0.15, 0.2) is 0 Å². The van der Waals surface area contributed by atoms with Crippen LogP contribution in [0.5, 0.6) is 5.75 Å². The van der Waals surface area contributed by atoms with Gasteiger partial charge in [-0.1, -0.05) is 11.6 Å². The zero-order chi connectivity index (χ0) is 7.72. The molecule has 0 aliphatic carbocycles. The van der Waals surface area contributed by atoms with Gasteiger partial charge in [0.2, 0.25) is 0 Å². The average Bonchev–Trinajstić information content (AvgIpc) is 2.09. The van der Waals surface area contributed by atoms with Crippen molar-refractivity contribution in [2.75, 3.05) is 12.8 Å². The molecule has 1 aromatic heterocycles. The third kappa shape index (κ3) is 0.903. The minimum atomic E-state index is 0.315. The number of hydrogen-bond acceptors (Lipinski definition) is 3. The lowest BCUT2D eigenvalue weighted by molar-refractivity contribution is 0.416. The summed E-state index contributed by atoms with van der Waals surface area (Å²) in [6, 6.07) is 0. The van der Waals surface area contributed by atoms with Gasteiger partial charge in [-0.05, 0) is 0 Å². The topological polar surface area (TPSA) is 53.1 Å². The Morgan fingerprint density at radius 2 is 2.30 bits per heavy atom. The van der Waals surface area contributed by atoms with Crippen LogP contribution in [0.25, 0.3) is 0 Å². The Morgan fingerprint density at radius 1 is 1.70 bits per heavy atom. The monoisotopic (exact) mass is 161 g/mol. The maximum atomic E-state index is 5.71. The molecule has 1 rings (SSSR count). The first-order valence-corrected chi connectivity index (χ1v) is 3.06. The van der Waals surface area contributed by atoms with Crippen LogP contribution < -0.4 is 10.5 Å². The summed E-state index contributed by atoms with van der Waals surface area (Å²) in [5.74, 6) is 0.749. The first-order valence-electron chi connectivity index (χ1n) is 2.68. The number of halogens is 1. The van der Waals surface area contributed by atoms with E-state index in [1.807, 2.05) is 0 Å². The van der Waals surface area contributed by atoms with E-state index in [0.29, 0.717) is 16.7 Å². The fraction of sp³-hybridized carbons (Fsp3) is 0.400. The quantitative estimate of drug-likeness (QED) is 0.659. The van der Waals surface area contributed by atoms with Crippen molar-refractivity contribution in [3.8, 4) is 5.75 Å². The van der Waals surface area contributed by atoms with Crippen LogP contribution in [-0.4, -0.2) is 16.9 Å². The van der Waals surface area contributed by atoms with Crippen molar-refractivity contribution in [3.05, 3.63) is 5.15 Å². The number of aryl methyl sites for hydroxylation is 1. The predicted octanol–water partition coefficient (Wildman–Crippen LogP) is 0.664. The third-order valence-corrected chi connectivity index (χ3v) is 1.58. The molecule has 0 spiro atoms. The molecule has 2 N–H and O–H groups in total. The summed E-state index contributed by atoms with van der Waals surface area (Å²) in [5, 5.41) is 4.24. The van der Waals surface area contributed by atoms with Gasteiger partial charge in [-0.2, -0.15) is 5.10 Å². The summed E-state index contributed by atoms with van der Waals surface area (Å²) in [7, 11) is 3.19. The minimum Gasteiger partial charge on any atom is -0.490 e. The van der Waals surface area contributed by atoms with Crippen molar-refractivity contribution >= 4 is 17.4 Å². The van der Waals surface area contributed by atoms with E-state index >= 15 is 0 Å². The molecule has 56 valence electrons. The Morgan fingerprint density at radius 3 is 2.50 bits per heavy atom. The van der Waals surface area contributed by atoms with Crippen LogP contribution in [-0.2, 0) is 7.05 Å². The highest BCUT2D eigenvalue weighted by Crippen LogP contribution is 2.28. The zero-order valence-electron chi connectivity index (χ0n) is 5.76. The summed E-state index contributed by atoms with van der Waals surface area (Å²) < 4.78 is 6.31. The summed E-state index contributed by atoms with van der Waals surface area (Å²) in [4.78, 5) is 0. The summed E-state index contributed by atoms with van der Waals surface area (Å²) in [6.07, 6.45) is 0. The molecule has 0 amide bonds. The van der Waals surface area contributed by atoms with Crippen LogP contribution in [0.3, 0.4) is 0 Å². The fourth-order valence-electron chi connectivity index (χ4n) is 0.692. The van der Waals surface area contributed by atoms with Gasteiger partial charge in [-0.15, -0.1) is 0 Å². The van der Waals surface area contributed by atoms with Crippen LogP contribution >= 0.6 is 11.6 Å². The molecule has 0 radical (unpaired) electrons. The van der Waals surface area contributed by atoms with Gasteiger partial charge in [-0.25, -0.2) is 0 Å². The lowest BCUT2D eigenvalue weighted by atomic mass is 10.6. The molecule has 0 fully saturated rings. The van der Waals surface area contributed by atoms with Gasteiger partial charge in [0.25, 0.3) is 0 Å². The first-order chi connectivity index (χ1) is 4.66. The molecule has 0 saturated heterocycles. The average molecular weight is 162 g/mol. The normalized spacial score (nSPS) is 9.90. The first kappa shape index (κ1) is 7.21. The van der Waals surface area contributed by atoms with E-state index < -0.39 is 0 Å². The molecule has 4 nitrogen and oxygen atoms in total. The van der Waals surface area contributed by atoms with Gasteiger partial charge in [0.05, 0.1) is 7.11 Å². The van der Waals surface area contributed by atoms with Crippen LogP contribution in [0.2, 0.25) is 5.15 Å². The van der Waals surface area contributed by atoms with Gasteiger partial charge in [0.1, 0.15) is 0 Å². The molecule has 1 heterocycles. The number of hydrogen-bond donors (Lipinski definition) is 1. The molecule has 0 unspecified atom stereocenters. The maximum absolute atomic E-state index is 5.71. The van der Waals surface area contributed by atoms with E-state index in [1.54, 1.807) is 7.05 Å². The van der Waals surface area contributed by atoms with Crippen molar-refractivity contribution in [1.29, 1.82) is 0 Å². The lowest BCUT2D eigenvalue weighted by Gasteiger charge is -1.94. The van der Waals surface area contributed by atoms with Crippen molar-refractivity contribution in [1.82, 2.24) is 9.78 Å². The van der Waals surface area contributed by atoms with Crippen molar-refractivity contribution < 1.29 is 4.74 Å². The Hall–Kier alpha value is -0.900. The third-order valence-electron chi connectivity index (χ3n) is 1.17. The number of nitrogens with zero attached hydrogens (tertiary/aromatic N) is 2. The highest BCUT2D eigenvalue weighted by molar-refractivity contribution is 6.31. The van der Waals surface area contributed by atoms with E-state index in [2.05, 4.69) is 5.10 Å². The molecule has 0 aliphatic heterocycles. The van der Waals surface area contributed by atoms with E-state index in [4.69, 9.17) is 22.1 Å². The molecule has 0 saturated carbocycles. The number of rotatable bonds is 1. The standard InChI is InChI=1S/C5H8ClN3O/c1-9-4(6)3(10-2)5(7)8-9/h1-2H3,(H2,7,8). The van der Waals surface area contributed by atoms with Crippen molar-refractivity contribution in [2.24, 2.45) is 7.05 Å². The molecule has 0 aliphatic rings. The summed E-state index contributed by atoms with van der Waals surface area (Å²) in [5.41, 5.74) is 5.41. The van der Waals surface area contributed by atoms with Crippen LogP contribution in [0.1, 0.15) is 0 Å². The number of nitrogen functional groups attached to an aromatic ring is 1. The van der Waals surface area contributed by atoms with Crippen molar-refractivity contribution in [2.45, 2.75) is 0 Å². The molecular formula is C5H8ClN3O. The highest BCUT2D eigenvalue weighted by atomic mass is 35.5. The molecular weight excluding hydrogens is 154 g/mol. The molecule has 1 aromatic rings. The number of aromatic nitrogens is 2. The second-order valence-electron chi connectivity index (χ2n) is 1.83. The Labute approximate surface area is 63.5 Å². The molecule has 0 atom stereocenters. The largest absolute Gasteiger partial charge is 0.490 e. The van der Waals surface area contributed by atoms with E-state index in [-0.39, 0.29) is 0 Å². The molecule has 5 heteroatoms. The van der Waals surface area contributed by atoms with E-state index in [9.17, 15) is 0 Å². The molecule has 0 aromatic carbocycles. The molecule has 0 bridgehead atoms. The predicted molar refractivity (Wildman–Crippen MR) is 39.2 cm³/mol.